The lowest BCUT2D eigenvalue weighted by Crippen LogP contribution is -2.35. The van der Waals surface area contributed by atoms with E-state index in [1.807, 2.05) is 6.92 Å². The van der Waals surface area contributed by atoms with Gasteiger partial charge in [0.15, 0.2) is 5.52 Å². The van der Waals surface area contributed by atoms with Gasteiger partial charge in [-0.25, -0.2) is 4.79 Å². The first-order valence-electron chi connectivity index (χ1n) is 7.89. The van der Waals surface area contributed by atoms with Gasteiger partial charge >= 0.3 is 5.69 Å². The molecule has 8 heteroatoms. The summed E-state index contributed by atoms with van der Waals surface area (Å²) in [5.74, 6) is -0.215. The van der Waals surface area contributed by atoms with Crippen LogP contribution in [-0.2, 0) is 6.54 Å². The van der Waals surface area contributed by atoms with Gasteiger partial charge in [-0.3, -0.25) is 14.2 Å². The lowest BCUT2D eigenvalue weighted by Gasteiger charge is -2.15. The second-order valence-corrected chi connectivity index (χ2v) is 6.33. The highest BCUT2D eigenvalue weighted by molar-refractivity contribution is 7.09. The van der Waals surface area contributed by atoms with Gasteiger partial charge in [0.25, 0.3) is 11.5 Å². The molecule has 0 atom stereocenters. The number of carbonyl (C=O) groups excluding carboxylic acids is 1. The summed E-state index contributed by atoms with van der Waals surface area (Å²) in [6.07, 6.45) is 3.51. The molecule has 0 bridgehead atoms. The van der Waals surface area contributed by atoms with E-state index in [1.54, 1.807) is 11.9 Å². The maximum absolute atomic E-state index is 12.5. The van der Waals surface area contributed by atoms with Gasteiger partial charge in [-0.2, -0.15) is 4.37 Å². The van der Waals surface area contributed by atoms with E-state index in [-0.39, 0.29) is 16.9 Å². The topological polar surface area (TPSA) is 88.1 Å². The Bertz CT molecular complexity index is 805. The normalized spacial score (nSPS) is 11.1. The lowest BCUT2D eigenvalue weighted by atomic mass is 10.3. The van der Waals surface area contributed by atoms with Crippen molar-refractivity contribution in [2.45, 2.75) is 46.1 Å². The van der Waals surface area contributed by atoms with Crippen LogP contribution in [0.5, 0.6) is 0 Å². The van der Waals surface area contributed by atoms with Crippen LogP contribution in [0.1, 0.15) is 49.2 Å². The number of H-pyrrole nitrogens is 1. The average molecular weight is 338 g/mol. The predicted octanol–water partition coefficient (Wildman–Crippen LogP) is 1.82. The summed E-state index contributed by atoms with van der Waals surface area (Å²) in [7, 11) is 1.71. The molecule has 126 valence electrons. The summed E-state index contributed by atoms with van der Waals surface area (Å²) in [5, 5.41) is 0. The molecule has 1 amide bonds. The van der Waals surface area contributed by atoms with Crippen molar-refractivity contribution in [2.75, 3.05) is 13.6 Å². The molecule has 7 nitrogen and oxygen atoms in total. The van der Waals surface area contributed by atoms with Gasteiger partial charge in [-0.1, -0.05) is 26.7 Å². The first-order chi connectivity index (χ1) is 11.0. The molecular weight excluding hydrogens is 316 g/mol. The van der Waals surface area contributed by atoms with Gasteiger partial charge in [0, 0.05) is 20.1 Å². The minimum atomic E-state index is -0.485. The quantitative estimate of drug-likeness (QED) is 0.834. The number of aromatic nitrogens is 3. The van der Waals surface area contributed by atoms with Crippen LogP contribution >= 0.6 is 11.5 Å². The monoisotopic (exact) mass is 338 g/mol. The van der Waals surface area contributed by atoms with Crippen molar-refractivity contribution >= 4 is 28.5 Å². The first kappa shape index (κ1) is 17.4. The van der Waals surface area contributed by atoms with Gasteiger partial charge in [-0.05, 0) is 24.4 Å². The van der Waals surface area contributed by atoms with Crippen LogP contribution in [0.3, 0.4) is 0 Å². The molecule has 0 aliphatic carbocycles. The van der Waals surface area contributed by atoms with E-state index in [4.69, 9.17) is 0 Å². The fraction of sp³-hybridized carbons (Fsp3) is 0.600. The Hall–Kier alpha value is -1.96. The molecule has 0 spiro atoms. The van der Waals surface area contributed by atoms with E-state index in [2.05, 4.69) is 16.3 Å². The fourth-order valence-electron chi connectivity index (χ4n) is 2.28. The van der Waals surface area contributed by atoms with Crippen LogP contribution in [0.4, 0.5) is 0 Å². The molecule has 0 unspecified atom stereocenters. The smallest absolute Gasteiger partial charge is 0.328 e. The number of hydrogen-bond acceptors (Lipinski definition) is 5. The van der Waals surface area contributed by atoms with E-state index in [9.17, 15) is 14.4 Å². The summed E-state index contributed by atoms with van der Waals surface area (Å²) in [5.41, 5.74) is -0.492. The molecule has 0 aromatic carbocycles. The molecule has 2 rings (SSSR count). The molecule has 2 aromatic heterocycles. The predicted molar refractivity (Wildman–Crippen MR) is 91.3 cm³/mol. The fourth-order valence-corrected chi connectivity index (χ4v) is 3.11. The van der Waals surface area contributed by atoms with Crippen molar-refractivity contribution in [1.29, 1.82) is 0 Å². The molecule has 0 aliphatic rings. The van der Waals surface area contributed by atoms with E-state index < -0.39 is 11.2 Å². The average Bonchev–Trinajstić information content (AvgIpc) is 2.95. The van der Waals surface area contributed by atoms with Gasteiger partial charge in [-0.15, -0.1) is 0 Å². The van der Waals surface area contributed by atoms with E-state index in [0.29, 0.717) is 18.0 Å². The Morgan fingerprint density at radius 2 is 1.96 bits per heavy atom. The van der Waals surface area contributed by atoms with E-state index in [0.717, 1.165) is 41.8 Å². The van der Waals surface area contributed by atoms with Crippen molar-refractivity contribution < 1.29 is 4.79 Å². The number of fused-ring (bicyclic) bond motifs is 1. The minimum Gasteiger partial charge on any atom is -0.341 e. The Labute approximate surface area is 138 Å². The highest BCUT2D eigenvalue weighted by Gasteiger charge is 2.21. The molecule has 0 saturated carbocycles. The molecule has 0 radical (unpaired) electrons. The highest BCUT2D eigenvalue weighted by Crippen LogP contribution is 2.18. The summed E-state index contributed by atoms with van der Waals surface area (Å²) in [6, 6.07) is 0. The Morgan fingerprint density at radius 1 is 1.26 bits per heavy atom. The molecule has 23 heavy (non-hydrogen) atoms. The summed E-state index contributed by atoms with van der Waals surface area (Å²) < 4.78 is 5.26. The van der Waals surface area contributed by atoms with Crippen molar-refractivity contribution in [3.8, 4) is 0 Å². The summed E-state index contributed by atoms with van der Waals surface area (Å²) in [4.78, 5) is 41.6. The van der Waals surface area contributed by atoms with Gasteiger partial charge in [0.2, 0.25) is 0 Å². The molecule has 0 saturated heterocycles. The number of hydrogen-bond donors (Lipinski definition) is 1. The number of amides is 1. The standard InChI is InChI=1S/C15H22N4O3S/c1-4-6-8-18(3)14(21)12-10-11(17-23-12)13(20)19(9-7-5-2)15(22)16-10/h4-9H2,1-3H3,(H,16,22). The van der Waals surface area contributed by atoms with Crippen LogP contribution in [-0.4, -0.2) is 38.3 Å². The van der Waals surface area contributed by atoms with Crippen molar-refractivity contribution in [3.63, 3.8) is 0 Å². The second kappa shape index (κ2) is 7.54. The Balaban J connectivity index is 2.44. The van der Waals surface area contributed by atoms with Crippen molar-refractivity contribution in [3.05, 3.63) is 25.7 Å². The van der Waals surface area contributed by atoms with Crippen molar-refractivity contribution in [1.82, 2.24) is 18.8 Å². The highest BCUT2D eigenvalue weighted by atomic mass is 32.1. The lowest BCUT2D eigenvalue weighted by molar-refractivity contribution is 0.0799. The van der Waals surface area contributed by atoms with Crippen LogP contribution in [0.15, 0.2) is 9.59 Å². The number of carbonyl (C=O) groups is 1. The molecule has 0 aliphatic heterocycles. The van der Waals surface area contributed by atoms with Gasteiger partial charge in [0.05, 0.1) is 5.52 Å². The number of rotatable bonds is 7. The van der Waals surface area contributed by atoms with Gasteiger partial charge < -0.3 is 9.88 Å². The van der Waals surface area contributed by atoms with Crippen LogP contribution in [0.25, 0.3) is 11.0 Å². The third-order valence-electron chi connectivity index (χ3n) is 3.74. The van der Waals surface area contributed by atoms with Crippen LogP contribution < -0.4 is 11.2 Å². The molecule has 0 fully saturated rings. The third kappa shape index (κ3) is 3.52. The zero-order valence-corrected chi connectivity index (χ0v) is 14.5. The van der Waals surface area contributed by atoms with Gasteiger partial charge in [0.1, 0.15) is 4.88 Å². The van der Waals surface area contributed by atoms with Crippen LogP contribution in [0.2, 0.25) is 0 Å². The molecule has 1 N–H and O–H groups in total. The molecular formula is C15H22N4O3S. The van der Waals surface area contributed by atoms with Crippen LogP contribution in [0, 0.1) is 0 Å². The number of nitrogens with zero attached hydrogens (tertiary/aromatic N) is 3. The number of unbranched alkanes of at least 4 members (excludes halogenated alkanes) is 2. The Kier molecular flexibility index (Phi) is 5.70. The zero-order chi connectivity index (χ0) is 17.0. The van der Waals surface area contributed by atoms with Crippen molar-refractivity contribution in [2.24, 2.45) is 0 Å². The second-order valence-electron chi connectivity index (χ2n) is 5.56. The maximum Gasteiger partial charge on any atom is 0.328 e. The largest absolute Gasteiger partial charge is 0.341 e. The minimum absolute atomic E-state index is 0.165. The summed E-state index contributed by atoms with van der Waals surface area (Å²) in [6.45, 7) is 5.03. The summed E-state index contributed by atoms with van der Waals surface area (Å²) >= 11 is 0.963. The Morgan fingerprint density at radius 3 is 2.61 bits per heavy atom. The zero-order valence-electron chi connectivity index (χ0n) is 13.7. The van der Waals surface area contributed by atoms with E-state index in [1.165, 1.54) is 0 Å². The van der Waals surface area contributed by atoms with E-state index >= 15 is 0 Å². The first-order valence-corrected chi connectivity index (χ1v) is 8.66. The maximum atomic E-state index is 12.5. The molecule has 2 aromatic rings. The third-order valence-corrected chi connectivity index (χ3v) is 4.58. The number of aromatic amines is 1. The number of nitrogens with one attached hydrogen (secondary N) is 1. The molecule has 2 heterocycles. The SMILES string of the molecule is CCCCN(C)C(=O)c1snc2c(=O)n(CCCC)c(=O)[nH]c12.